The minimum absolute atomic E-state index is 0.0424. The van der Waals surface area contributed by atoms with Crippen LogP contribution in [-0.2, 0) is 0 Å². The molecular formula is C29H38N2O4. The Labute approximate surface area is 208 Å². The molecule has 3 aromatic rings. The molecule has 0 bridgehead atoms. The van der Waals surface area contributed by atoms with Gasteiger partial charge in [-0.15, -0.1) is 0 Å². The van der Waals surface area contributed by atoms with Crippen molar-refractivity contribution in [1.29, 1.82) is 0 Å². The van der Waals surface area contributed by atoms with E-state index in [0.717, 1.165) is 49.5 Å². The number of rotatable bonds is 12. The highest BCUT2D eigenvalue weighted by Crippen LogP contribution is 2.25. The van der Waals surface area contributed by atoms with Gasteiger partial charge in [-0.25, -0.2) is 0 Å². The average molecular weight is 479 g/mol. The Hall–Kier alpha value is -2.83. The van der Waals surface area contributed by atoms with Crippen molar-refractivity contribution in [2.75, 3.05) is 53.0 Å². The van der Waals surface area contributed by atoms with Gasteiger partial charge in [0.05, 0.1) is 17.6 Å². The molecule has 1 aliphatic heterocycles. The molecular weight excluding hydrogens is 440 g/mol. The van der Waals surface area contributed by atoms with E-state index in [1.54, 1.807) is 18.4 Å². The van der Waals surface area contributed by atoms with E-state index in [9.17, 15) is 4.79 Å². The van der Waals surface area contributed by atoms with E-state index in [1.165, 1.54) is 32.4 Å². The molecule has 1 fully saturated rings. The molecule has 1 saturated heterocycles. The van der Waals surface area contributed by atoms with Gasteiger partial charge in [-0.3, -0.25) is 9.69 Å². The lowest BCUT2D eigenvalue weighted by molar-refractivity contribution is 0.183. The normalized spacial score (nSPS) is 14.5. The van der Waals surface area contributed by atoms with Gasteiger partial charge >= 0.3 is 0 Å². The molecule has 6 heteroatoms. The van der Waals surface area contributed by atoms with Crippen LogP contribution < -0.4 is 14.9 Å². The molecule has 0 aliphatic carbocycles. The van der Waals surface area contributed by atoms with Gasteiger partial charge in [0.1, 0.15) is 30.0 Å². The Morgan fingerprint density at radius 1 is 0.943 bits per heavy atom. The first kappa shape index (κ1) is 25.3. The summed E-state index contributed by atoms with van der Waals surface area (Å²) in [5, 5.41) is 0.557. The lowest BCUT2D eigenvalue weighted by atomic mass is 10.1. The molecule has 0 saturated carbocycles. The minimum atomic E-state index is -0.0424. The first-order valence-corrected chi connectivity index (χ1v) is 13.0. The Bertz CT molecular complexity index is 1120. The third-order valence-corrected chi connectivity index (χ3v) is 6.78. The first-order chi connectivity index (χ1) is 17.1. The van der Waals surface area contributed by atoms with Crippen LogP contribution in [0.3, 0.4) is 0 Å². The summed E-state index contributed by atoms with van der Waals surface area (Å²) in [6.07, 6.45) is 7.54. The van der Waals surface area contributed by atoms with E-state index in [1.807, 2.05) is 30.3 Å². The molecule has 35 heavy (non-hydrogen) atoms. The van der Waals surface area contributed by atoms with Gasteiger partial charge in [-0.2, -0.15) is 0 Å². The highest BCUT2D eigenvalue weighted by Gasteiger charge is 2.12. The van der Waals surface area contributed by atoms with E-state index in [4.69, 9.17) is 13.9 Å². The lowest BCUT2D eigenvalue weighted by Gasteiger charge is -2.26. The zero-order valence-electron chi connectivity index (χ0n) is 21.1. The second-order valence-corrected chi connectivity index (χ2v) is 9.36. The molecule has 0 radical (unpaired) electrons. The van der Waals surface area contributed by atoms with Crippen molar-refractivity contribution in [3.8, 4) is 22.6 Å². The van der Waals surface area contributed by atoms with Crippen LogP contribution in [0.5, 0.6) is 11.5 Å². The molecule has 1 aliphatic rings. The maximum Gasteiger partial charge on any atom is 0.200 e. The Morgan fingerprint density at radius 2 is 1.69 bits per heavy atom. The fraction of sp³-hybridized carbons (Fsp3) is 0.483. The number of fused-ring (bicyclic) bond motifs is 1. The van der Waals surface area contributed by atoms with Crippen LogP contribution in [0.15, 0.2) is 57.9 Å². The fourth-order valence-corrected chi connectivity index (χ4v) is 4.44. The van der Waals surface area contributed by atoms with E-state index >= 15 is 0 Å². The van der Waals surface area contributed by atoms with Gasteiger partial charge in [0.25, 0.3) is 0 Å². The summed E-state index contributed by atoms with van der Waals surface area (Å²) in [4.78, 5) is 17.9. The molecule has 0 atom stereocenters. The van der Waals surface area contributed by atoms with Crippen LogP contribution in [0.2, 0.25) is 0 Å². The summed E-state index contributed by atoms with van der Waals surface area (Å²) < 4.78 is 17.6. The number of hydrogen-bond acceptors (Lipinski definition) is 6. The summed E-state index contributed by atoms with van der Waals surface area (Å²) in [6.45, 7) is 8.92. The molecule has 2 aromatic carbocycles. The molecule has 1 aromatic heterocycles. The molecule has 0 amide bonds. The van der Waals surface area contributed by atoms with Crippen molar-refractivity contribution in [2.45, 2.75) is 39.0 Å². The number of benzene rings is 2. The highest BCUT2D eigenvalue weighted by atomic mass is 16.5. The summed E-state index contributed by atoms with van der Waals surface area (Å²) in [7, 11) is 2.12. The minimum Gasteiger partial charge on any atom is -0.493 e. The quantitative estimate of drug-likeness (QED) is 0.323. The van der Waals surface area contributed by atoms with Crippen molar-refractivity contribution in [2.24, 2.45) is 0 Å². The zero-order valence-corrected chi connectivity index (χ0v) is 21.1. The number of piperidine rings is 1. The van der Waals surface area contributed by atoms with Crippen LogP contribution in [0.1, 0.15) is 39.0 Å². The summed E-state index contributed by atoms with van der Waals surface area (Å²) in [5.74, 6) is 1.54. The number of nitrogens with zero attached hydrogens (tertiary/aromatic N) is 2. The van der Waals surface area contributed by atoms with Crippen LogP contribution >= 0.6 is 0 Å². The van der Waals surface area contributed by atoms with Gasteiger partial charge < -0.3 is 18.8 Å². The molecule has 0 spiro atoms. The third-order valence-electron chi connectivity index (χ3n) is 6.78. The molecule has 188 valence electrons. The summed E-state index contributed by atoms with van der Waals surface area (Å²) in [6, 6.07) is 13.1. The largest absolute Gasteiger partial charge is 0.493 e. The molecule has 0 N–H and O–H groups in total. The van der Waals surface area contributed by atoms with Crippen LogP contribution in [-0.4, -0.2) is 62.8 Å². The fourth-order valence-electron chi connectivity index (χ4n) is 4.44. The van der Waals surface area contributed by atoms with Crippen molar-refractivity contribution in [3.63, 3.8) is 0 Å². The second-order valence-electron chi connectivity index (χ2n) is 9.36. The van der Waals surface area contributed by atoms with Crippen LogP contribution in [0.25, 0.3) is 22.1 Å². The van der Waals surface area contributed by atoms with Crippen molar-refractivity contribution in [1.82, 2.24) is 9.80 Å². The number of unbranched alkanes of at least 4 members (excludes halogenated alkanes) is 1. The monoisotopic (exact) mass is 478 g/mol. The van der Waals surface area contributed by atoms with Crippen LogP contribution in [0.4, 0.5) is 0 Å². The molecule has 2 heterocycles. The van der Waals surface area contributed by atoms with Gasteiger partial charge in [-0.1, -0.05) is 25.5 Å². The lowest BCUT2D eigenvalue weighted by Crippen LogP contribution is -2.33. The van der Waals surface area contributed by atoms with E-state index in [2.05, 4.69) is 23.8 Å². The maximum absolute atomic E-state index is 13.1. The maximum atomic E-state index is 13.1. The summed E-state index contributed by atoms with van der Waals surface area (Å²) >= 11 is 0. The van der Waals surface area contributed by atoms with Gasteiger partial charge in [0.15, 0.2) is 5.43 Å². The first-order valence-electron chi connectivity index (χ1n) is 13.0. The predicted molar refractivity (Wildman–Crippen MR) is 142 cm³/mol. The highest BCUT2D eigenvalue weighted by molar-refractivity contribution is 5.82. The molecule has 6 nitrogen and oxygen atoms in total. The van der Waals surface area contributed by atoms with Crippen molar-refractivity contribution >= 4 is 11.0 Å². The van der Waals surface area contributed by atoms with E-state index in [-0.39, 0.29) is 5.43 Å². The van der Waals surface area contributed by atoms with Crippen LogP contribution in [0, 0.1) is 0 Å². The van der Waals surface area contributed by atoms with Gasteiger partial charge in [-0.05, 0) is 88.7 Å². The van der Waals surface area contributed by atoms with Crippen molar-refractivity contribution < 1.29 is 13.9 Å². The predicted octanol–water partition coefficient (Wildman–Crippen LogP) is 5.44. The SMILES string of the molecule is CCN(C)CCCCOc1ccc2c(=O)c(-c3ccc(OCCN4CCCCC4)cc3)coc2c1. The topological polar surface area (TPSA) is 55.1 Å². The number of ether oxygens (including phenoxy) is 2. The number of likely N-dealkylation sites (tertiary alicyclic amines) is 1. The standard InChI is InChI=1S/C29H38N2O4/c1-3-30(2)15-7-8-19-33-25-13-14-26-28(21-25)35-22-27(29(26)32)23-9-11-24(12-10-23)34-20-18-31-16-5-4-6-17-31/h9-14,21-22H,3-8,15-20H2,1-2H3. The van der Waals surface area contributed by atoms with Crippen molar-refractivity contribution in [3.05, 3.63) is 59.0 Å². The van der Waals surface area contributed by atoms with Gasteiger partial charge in [0, 0.05) is 12.6 Å². The smallest absolute Gasteiger partial charge is 0.200 e. The Balaban J connectivity index is 1.33. The molecule has 0 unspecified atom stereocenters. The Kier molecular flexibility index (Phi) is 9.21. The van der Waals surface area contributed by atoms with Gasteiger partial charge in [0.2, 0.25) is 0 Å². The third kappa shape index (κ3) is 7.09. The summed E-state index contributed by atoms with van der Waals surface area (Å²) in [5.41, 5.74) is 1.87. The zero-order chi connectivity index (χ0) is 24.5. The number of hydrogen-bond donors (Lipinski definition) is 0. The average Bonchev–Trinajstić information content (AvgIpc) is 2.90. The molecule has 4 rings (SSSR count). The second kappa shape index (κ2) is 12.8. The Morgan fingerprint density at radius 3 is 2.46 bits per heavy atom. The van der Waals surface area contributed by atoms with E-state index in [0.29, 0.717) is 29.7 Å². The van der Waals surface area contributed by atoms with E-state index < -0.39 is 0 Å².